The molecule has 0 N–H and O–H groups in total. The van der Waals surface area contributed by atoms with Gasteiger partial charge in [-0.05, 0) is 54.3 Å². The van der Waals surface area contributed by atoms with E-state index < -0.39 is 0 Å². The van der Waals surface area contributed by atoms with E-state index in [0.717, 1.165) is 38.0 Å². The Morgan fingerprint density at radius 2 is 2.21 bits per heavy atom. The largest absolute Gasteiger partial charge is 0.496 e. The van der Waals surface area contributed by atoms with Gasteiger partial charge in [0.25, 0.3) is 0 Å². The third-order valence-electron chi connectivity index (χ3n) is 4.88. The first-order valence-corrected chi connectivity index (χ1v) is 9.57. The smallest absolute Gasteiger partial charge is 0.222 e. The zero-order valence-electron chi connectivity index (χ0n) is 14.5. The van der Waals surface area contributed by atoms with Crippen LogP contribution in [0.5, 0.6) is 5.75 Å². The average molecular weight is 343 g/mol. The Morgan fingerprint density at radius 3 is 2.92 bits per heavy atom. The number of methoxy groups -OCH3 is 1. The molecule has 2 aromatic rings. The van der Waals surface area contributed by atoms with E-state index in [2.05, 4.69) is 34.5 Å². The van der Waals surface area contributed by atoms with Gasteiger partial charge in [-0.1, -0.05) is 25.1 Å². The van der Waals surface area contributed by atoms with Crippen LogP contribution in [0.15, 0.2) is 35.7 Å². The predicted molar refractivity (Wildman–Crippen MR) is 98.8 cm³/mol. The van der Waals surface area contributed by atoms with Crippen LogP contribution in [0.4, 0.5) is 0 Å². The number of fused-ring (bicyclic) bond motifs is 1. The van der Waals surface area contributed by atoms with Gasteiger partial charge >= 0.3 is 0 Å². The fourth-order valence-corrected chi connectivity index (χ4v) is 4.31. The van der Waals surface area contributed by atoms with E-state index in [0.29, 0.717) is 12.5 Å². The summed E-state index contributed by atoms with van der Waals surface area (Å²) in [5.74, 6) is 1.25. The molecule has 1 atom stereocenters. The van der Waals surface area contributed by atoms with Gasteiger partial charge in [0.2, 0.25) is 5.91 Å². The quantitative estimate of drug-likeness (QED) is 0.790. The third kappa shape index (κ3) is 3.64. The molecular weight excluding hydrogens is 318 g/mol. The minimum absolute atomic E-state index is 0.267. The molecule has 0 saturated heterocycles. The summed E-state index contributed by atoms with van der Waals surface area (Å²) in [6.45, 7) is 2.78. The minimum Gasteiger partial charge on any atom is -0.496 e. The van der Waals surface area contributed by atoms with E-state index in [1.165, 1.54) is 16.0 Å². The van der Waals surface area contributed by atoms with Crippen LogP contribution < -0.4 is 4.74 Å². The highest BCUT2D eigenvalue weighted by molar-refractivity contribution is 7.09. The van der Waals surface area contributed by atoms with Crippen molar-refractivity contribution in [3.63, 3.8) is 0 Å². The van der Waals surface area contributed by atoms with E-state index in [4.69, 9.17) is 4.74 Å². The van der Waals surface area contributed by atoms with Gasteiger partial charge in [0.15, 0.2) is 0 Å². The lowest BCUT2D eigenvalue weighted by atomic mass is 9.86. The second kappa shape index (κ2) is 7.84. The van der Waals surface area contributed by atoms with Crippen molar-refractivity contribution in [3.05, 3.63) is 51.7 Å². The second-order valence-electron chi connectivity index (χ2n) is 6.26. The Kier molecular flexibility index (Phi) is 5.56. The monoisotopic (exact) mass is 343 g/mol. The predicted octanol–water partition coefficient (Wildman–Crippen LogP) is 4.10. The number of carbonyl (C=O) groups is 1. The lowest BCUT2D eigenvalue weighted by molar-refractivity contribution is -0.133. The van der Waals surface area contributed by atoms with E-state index in [1.54, 1.807) is 18.4 Å². The molecule has 128 valence electrons. The number of carbonyl (C=O) groups excluding carboxylic acids is 1. The molecule has 1 aliphatic carbocycles. The summed E-state index contributed by atoms with van der Waals surface area (Å²) in [5.41, 5.74) is 2.65. The van der Waals surface area contributed by atoms with Crippen molar-refractivity contribution < 1.29 is 9.53 Å². The number of hydrogen-bond donors (Lipinski definition) is 0. The SMILES string of the molecule is CCC(=O)N(CCc1cccs1)C1CCc2c(cccc2OC)C1. The molecule has 0 bridgehead atoms. The summed E-state index contributed by atoms with van der Waals surface area (Å²) in [6.07, 6.45) is 4.46. The standard InChI is InChI=1S/C20H25NO2S/c1-3-20(22)21(12-11-17-7-5-13-24-17)16-9-10-18-15(14-16)6-4-8-19(18)23-2/h4-8,13,16H,3,9-12,14H2,1-2H3. The molecule has 1 aromatic carbocycles. The van der Waals surface area contributed by atoms with Crippen LogP contribution in [0.1, 0.15) is 35.8 Å². The van der Waals surface area contributed by atoms with Gasteiger partial charge in [-0.15, -0.1) is 11.3 Å². The summed E-state index contributed by atoms with van der Waals surface area (Å²) in [4.78, 5) is 16.0. The molecule has 1 aromatic heterocycles. The van der Waals surface area contributed by atoms with Crippen LogP contribution in [0.2, 0.25) is 0 Å². The Morgan fingerprint density at radius 1 is 1.33 bits per heavy atom. The number of ether oxygens (including phenoxy) is 1. The van der Waals surface area contributed by atoms with Crippen molar-refractivity contribution in [1.82, 2.24) is 4.90 Å². The molecule has 1 amide bonds. The molecular formula is C20H25NO2S. The molecule has 3 nitrogen and oxygen atoms in total. The first kappa shape index (κ1) is 17.0. The Labute approximate surface area is 148 Å². The van der Waals surface area contributed by atoms with Crippen LogP contribution in [0, 0.1) is 0 Å². The summed E-state index contributed by atoms with van der Waals surface area (Å²) < 4.78 is 5.49. The highest BCUT2D eigenvalue weighted by atomic mass is 32.1. The van der Waals surface area contributed by atoms with Crippen LogP contribution in [0.3, 0.4) is 0 Å². The normalized spacial score (nSPS) is 16.5. The molecule has 4 heteroatoms. The van der Waals surface area contributed by atoms with E-state index in [9.17, 15) is 4.79 Å². The topological polar surface area (TPSA) is 29.5 Å². The number of amides is 1. The molecule has 0 spiro atoms. The molecule has 0 fully saturated rings. The van der Waals surface area contributed by atoms with Gasteiger partial charge in [0.05, 0.1) is 7.11 Å². The van der Waals surface area contributed by atoms with Crippen LogP contribution in [-0.2, 0) is 24.1 Å². The Hall–Kier alpha value is -1.81. The van der Waals surface area contributed by atoms with Gasteiger partial charge in [0, 0.05) is 23.9 Å². The van der Waals surface area contributed by atoms with E-state index in [1.807, 2.05) is 13.0 Å². The summed E-state index contributed by atoms with van der Waals surface area (Å²) in [6, 6.07) is 10.8. The zero-order valence-corrected chi connectivity index (χ0v) is 15.3. The maximum atomic E-state index is 12.5. The Balaban J connectivity index is 1.74. The summed E-state index contributed by atoms with van der Waals surface area (Å²) in [7, 11) is 1.73. The van der Waals surface area contributed by atoms with E-state index >= 15 is 0 Å². The fraction of sp³-hybridized carbons (Fsp3) is 0.450. The highest BCUT2D eigenvalue weighted by Gasteiger charge is 2.28. The van der Waals surface area contributed by atoms with Crippen molar-refractivity contribution in [2.75, 3.05) is 13.7 Å². The number of thiophene rings is 1. The molecule has 24 heavy (non-hydrogen) atoms. The lowest BCUT2D eigenvalue weighted by Gasteiger charge is -2.35. The molecule has 1 aliphatic rings. The first-order chi connectivity index (χ1) is 11.7. The lowest BCUT2D eigenvalue weighted by Crippen LogP contribution is -2.44. The van der Waals surface area contributed by atoms with Gasteiger partial charge in [-0.25, -0.2) is 0 Å². The number of benzene rings is 1. The van der Waals surface area contributed by atoms with E-state index in [-0.39, 0.29) is 5.91 Å². The van der Waals surface area contributed by atoms with Crippen molar-refractivity contribution in [2.45, 2.75) is 45.1 Å². The molecule has 0 aliphatic heterocycles. The van der Waals surface area contributed by atoms with Gasteiger partial charge < -0.3 is 9.64 Å². The summed E-state index contributed by atoms with van der Waals surface area (Å²) in [5, 5.41) is 2.10. The van der Waals surface area contributed by atoms with Crippen molar-refractivity contribution >= 4 is 17.2 Å². The van der Waals surface area contributed by atoms with Crippen molar-refractivity contribution in [2.24, 2.45) is 0 Å². The minimum atomic E-state index is 0.267. The molecule has 3 rings (SSSR count). The van der Waals surface area contributed by atoms with Gasteiger partial charge in [-0.3, -0.25) is 4.79 Å². The van der Waals surface area contributed by atoms with Gasteiger partial charge in [0.1, 0.15) is 5.75 Å². The Bertz CT molecular complexity index is 681. The van der Waals surface area contributed by atoms with Crippen LogP contribution in [-0.4, -0.2) is 30.5 Å². The third-order valence-corrected chi connectivity index (χ3v) is 5.81. The van der Waals surface area contributed by atoms with Crippen LogP contribution >= 0.6 is 11.3 Å². The summed E-state index contributed by atoms with van der Waals surface area (Å²) >= 11 is 1.77. The van der Waals surface area contributed by atoms with Crippen molar-refractivity contribution in [3.8, 4) is 5.75 Å². The maximum Gasteiger partial charge on any atom is 0.222 e. The molecule has 1 unspecified atom stereocenters. The average Bonchev–Trinajstić information content (AvgIpc) is 3.14. The molecule has 0 saturated carbocycles. The zero-order chi connectivity index (χ0) is 16.9. The number of rotatable bonds is 6. The fourth-order valence-electron chi connectivity index (χ4n) is 3.61. The highest BCUT2D eigenvalue weighted by Crippen LogP contribution is 2.31. The molecule has 1 heterocycles. The van der Waals surface area contributed by atoms with Crippen LogP contribution in [0.25, 0.3) is 0 Å². The second-order valence-corrected chi connectivity index (χ2v) is 7.30. The van der Waals surface area contributed by atoms with Crippen molar-refractivity contribution in [1.29, 1.82) is 0 Å². The first-order valence-electron chi connectivity index (χ1n) is 8.69. The maximum absolute atomic E-state index is 12.5. The number of hydrogen-bond acceptors (Lipinski definition) is 3. The molecule has 0 radical (unpaired) electrons. The number of nitrogens with zero attached hydrogens (tertiary/aromatic N) is 1. The van der Waals surface area contributed by atoms with Gasteiger partial charge in [-0.2, -0.15) is 0 Å².